The predicted molar refractivity (Wildman–Crippen MR) is 77.4 cm³/mol. The molecule has 3 heteroatoms. The topological polar surface area (TPSA) is 29.3 Å². The largest absolute Gasteiger partial charge is 0.326 e. The third kappa shape index (κ3) is 3.77. The highest BCUT2D eigenvalue weighted by atomic mass is 19.1. The minimum Gasteiger partial charge on any atom is -0.326 e. The summed E-state index contributed by atoms with van der Waals surface area (Å²) < 4.78 is 13.0. The van der Waals surface area contributed by atoms with Crippen molar-refractivity contribution in [2.75, 3.05) is 13.6 Å². The summed E-state index contributed by atoms with van der Waals surface area (Å²) in [7, 11) is 2.13. The Bertz CT molecular complexity index is 382. The molecule has 1 aromatic carbocycles. The molecule has 2 nitrogen and oxygen atoms in total. The fraction of sp³-hybridized carbons (Fsp3) is 0.625. The van der Waals surface area contributed by atoms with Crippen LogP contribution in [0.15, 0.2) is 24.3 Å². The summed E-state index contributed by atoms with van der Waals surface area (Å²) in [6.07, 6.45) is 5.38. The van der Waals surface area contributed by atoms with Gasteiger partial charge in [0.2, 0.25) is 0 Å². The molecule has 2 rings (SSSR count). The van der Waals surface area contributed by atoms with Crippen LogP contribution in [0, 0.1) is 11.7 Å². The maximum Gasteiger partial charge on any atom is 0.123 e. The second-order valence-corrected chi connectivity index (χ2v) is 5.95. The van der Waals surface area contributed by atoms with Crippen LogP contribution in [0.2, 0.25) is 0 Å². The van der Waals surface area contributed by atoms with Crippen LogP contribution in [0.25, 0.3) is 0 Å². The molecule has 2 atom stereocenters. The van der Waals surface area contributed by atoms with Gasteiger partial charge in [0.15, 0.2) is 0 Å². The normalized spacial score (nSPS) is 19.8. The lowest BCUT2D eigenvalue weighted by Gasteiger charge is -2.33. The molecule has 0 aromatic heterocycles. The number of halogens is 1. The first-order valence-corrected chi connectivity index (χ1v) is 7.29. The molecule has 1 aliphatic carbocycles. The lowest BCUT2D eigenvalue weighted by molar-refractivity contribution is 0.188. The van der Waals surface area contributed by atoms with E-state index in [1.807, 2.05) is 19.1 Å². The van der Waals surface area contributed by atoms with Crippen LogP contribution < -0.4 is 5.73 Å². The molecule has 1 fully saturated rings. The maximum absolute atomic E-state index is 13.0. The van der Waals surface area contributed by atoms with Crippen LogP contribution in [0.3, 0.4) is 0 Å². The van der Waals surface area contributed by atoms with Crippen LogP contribution in [0.5, 0.6) is 0 Å². The van der Waals surface area contributed by atoms with Gasteiger partial charge in [-0.1, -0.05) is 25.0 Å². The zero-order chi connectivity index (χ0) is 13.8. The number of hydrogen-bond donors (Lipinski definition) is 1. The molecule has 0 saturated heterocycles. The zero-order valence-electron chi connectivity index (χ0n) is 12.0. The fourth-order valence-corrected chi connectivity index (χ4v) is 3.33. The molecule has 19 heavy (non-hydrogen) atoms. The Hall–Kier alpha value is -0.930. The molecular formula is C16H25FN2. The first kappa shape index (κ1) is 14.5. The van der Waals surface area contributed by atoms with Crippen molar-refractivity contribution in [1.82, 2.24) is 4.90 Å². The van der Waals surface area contributed by atoms with Gasteiger partial charge < -0.3 is 5.73 Å². The smallest absolute Gasteiger partial charge is 0.123 e. The highest BCUT2D eigenvalue weighted by Crippen LogP contribution is 2.29. The zero-order valence-corrected chi connectivity index (χ0v) is 12.0. The summed E-state index contributed by atoms with van der Waals surface area (Å²) in [5, 5.41) is 0. The van der Waals surface area contributed by atoms with Gasteiger partial charge in [0, 0.05) is 18.6 Å². The monoisotopic (exact) mass is 264 g/mol. The van der Waals surface area contributed by atoms with Crippen molar-refractivity contribution in [1.29, 1.82) is 0 Å². The van der Waals surface area contributed by atoms with Crippen LogP contribution >= 0.6 is 0 Å². The number of hydrogen-bond acceptors (Lipinski definition) is 2. The van der Waals surface area contributed by atoms with Crippen LogP contribution in [0.1, 0.15) is 44.2 Å². The van der Waals surface area contributed by atoms with Crippen molar-refractivity contribution >= 4 is 0 Å². The van der Waals surface area contributed by atoms with Gasteiger partial charge in [-0.2, -0.15) is 0 Å². The van der Waals surface area contributed by atoms with Crippen molar-refractivity contribution < 1.29 is 4.39 Å². The molecule has 2 unspecified atom stereocenters. The van der Waals surface area contributed by atoms with E-state index in [9.17, 15) is 4.39 Å². The van der Waals surface area contributed by atoms with E-state index in [0.717, 1.165) is 18.0 Å². The van der Waals surface area contributed by atoms with E-state index in [0.29, 0.717) is 0 Å². The van der Waals surface area contributed by atoms with Crippen molar-refractivity contribution in [3.8, 4) is 0 Å². The van der Waals surface area contributed by atoms with E-state index in [-0.39, 0.29) is 17.9 Å². The fourth-order valence-electron chi connectivity index (χ4n) is 3.33. The molecule has 1 aromatic rings. The molecule has 0 spiro atoms. The van der Waals surface area contributed by atoms with Gasteiger partial charge in [-0.3, -0.25) is 4.90 Å². The molecule has 0 bridgehead atoms. The lowest BCUT2D eigenvalue weighted by Crippen LogP contribution is -2.39. The number of likely N-dealkylation sites (N-methyl/N-ethyl adjacent to an activating group) is 1. The predicted octanol–water partition coefficient (Wildman–Crippen LogP) is 3.34. The Morgan fingerprint density at radius 1 is 1.26 bits per heavy atom. The molecule has 0 radical (unpaired) electrons. The molecule has 1 saturated carbocycles. The Kier molecular flexibility index (Phi) is 4.94. The number of nitrogens with two attached hydrogens (primary N) is 1. The minimum atomic E-state index is -0.189. The van der Waals surface area contributed by atoms with Crippen molar-refractivity contribution in [2.45, 2.75) is 44.7 Å². The molecule has 0 heterocycles. The van der Waals surface area contributed by atoms with E-state index in [1.165, 1.54) is 37.8 Å². The SMILES string of the molecule is CC(N)C(c1ccc(F)cc1)N(C)CC1CCCC1. The van der Waals surface area contributed by atoms with E-state index in [4.69, 9.17) is 5.73 Å². The van der Waals surface area contributed by atoms with Crippen LogP contribution in [0.4, 0.5) is 4.39 Å². The Labute approximate surface area is 115 Å². The molecule has 0 amide bonds. The highest BCUT2D eigenvalue weighted by molar-refractivity contribution is 5.21. The lowest BCUT2D eigenvalue weighted by atomic mass is 9.97. The highest BCUT2D eigenvalue weighted by Gasteiger charge is 2.25. The number of benzene rings is 1. The number of nitrogens with zero attached hydrogens (tertiary/aromatic N) is 1. The minimum absolute atomic E-state index is 0.0388. The first-order valence-electron chi connectivity index (χ1n) is 7.29. The quantitative estimate of drug-likeness (QED) is 0.884. The summed E-state index contributed by atoms with van der Waals surface area (Å²) in [6.45, 7) is 3.11. The van der Waals surface area contributed by atoms with Gasteiger partial charge in [0.1, 0.15) is 5.82 Å². The number of rotatable bonds is 5. The molecule has 0 aliphatic heterocycles. The van der Waals surface area contributed by atoms with Gasteiger partial charge in [0.05, 0.1) is 0 Å². The standard InChI is InChI=1S/C16H25FN2/c1-12(18)16(14-7-9-15(17)10-8-14)19(2)11-13-5-3-4-6-13/h7-10,12-13,16H,3-6,11,18H2,1-2H3. The van der Waals surface area contributed by atoms with Gasteiger partial charge in [-0.05, 0) is 50.4 Å². The van der Waals surface area contributed by atoms with Crippen LogP contribution in [-0.2, 0) is 0 Å². The molecule has 2 N–H and O–H groups in total. The third-order valence-corrected chi connectivity index (χ3v) is 4.21. The molecule has 106 valence electrons. The Morgan fingerprint density at radius 2 is 1.84 bits per heavy atom. The maximum atomic E-state index is 13.0. The third-order valence-electron chi connectivity index (χ3n) is 4.21. The van der Waals surface area contributed by atoms with Crippen LogP contribution in [-0.4, -0.2) is 24.5 Å². The van der Waals surface area contributed by atoms with Gasteiger partial charge in [-0.15, -0.1) is 0 Å². The average molecular weight is 264 g/mol. The summed E-state index contributed by atoms with van der Waals surface area (Å²) >= 11 is 0. The van der Waals surface area contributed by atoms with E-state index in [2.05, 4.69) is 11.9 Å². The Morgan fingerprint density at radius 3 is 2.37 bits per heavy atom. The molecular weight excluding hydrogens is 239 g/mol. The Balaban J connectivity index is 2.07. The average Bonchev–Trinajstić information content (AvgIpc) is 2.84. The van der Waals surface area contributed by atoms with Gasteiger partial charge >= 0.3 is 0 Å². The summed E-state index contributed by atoms with van der Waals surface area (Å²) in [4.78, 5) is 2.34. The van der Waals surface area contributed by atoms with Crippen molar-refractivity contribution in [3.63, 3.8) is 0 Å². The molecule has 1 aliphatic rings. The summed E-state index contributed by atoms with van der Waals surface area (Å²) in [6, 6.07) is 6.96. The van der Waals surface area contributed by atoms with E-state index >= 15 is 0 Å². The second kappa shape index (κ2) is 6.49. The van der Waals surface area contributed by atoms with Gasteiger partial charge in [-0.25, -0.2) is 4.39 Å². The van der Waals surface area contributed by atoms with E-state index < -0.39 is 0 Å². The van der Waals surface area contributed by atoms with Crippen molar-refractivity contribution in [2.24, 2.45) is 11.7 Å². The second-order valence-electron chi connectivity index (χ2n) is 5.95. The van der Waals surface area contributed by atoms with Crippen molar-refractivity contribution in [3.05, 3.63) is 35.6 Å². The summed E-state index contributed by atoms with van der Waals surface area (Å²) in [5.41, 5.74) is 7.25. The summed E-state index contributed by atoms with van der Waals surface area (Å²) in [5.74, 6) is 0.609. The van der Waals surface area contributed by atoms with E-state index in [1.54, 1.807) is 0 Å². The van der Waals surface area contributed by atoms with Gasteiger partial charge in [0.25, 0.3) is 0 Å². The first-order chi connectivity index (χ1) is 9.08.